The fourth-order valence-corrected chi connectivity index (χ4v) is 5.33. The number of carbonyl (C=O) groups excluding carboxylic acids is 1. The molecule has 0 N–H and O–H groups in total. The molecule has 0 bridgehead atoms. The third kappa shape index (κ3) is 3.15. The number of Topliss-reactive ketones (excluding diaryl/α,β-unsaturated/α-hetero) is 1. The lowest BCUT2D eigenvalue weighted by Gasteiger charge is -2.44. The van der Waals surface area contributed by atoms with Crippen molar-refractivity contribution >= 4 is 32.5 Å². The van der Waals surface area contributed by atoms with Gasteiger partial charge < -0.3 is 14.4 Å². The lowest BCUT2D eigenvalue weighted by Crippen LogP contribution is -2.51. The zero-order valence-electron chi connectivity index (χ0n) is 16.9. The van der Waals surface area contributed by atoms with E-state index >= 15 is 0 Å². The molecule has 3 heterocycles. The summed E-state index contributed by atoms with van der Waals surface area (Å²) in [4.78, 5) is 19.9. The van der Waals surface area contributed by atoms with Gasteiger partial charge in [-0.3, -0.25) is 4.79 Å². The monoisotopic (exact) mass is 408 g/mol. The van der Waals surface area contributed by atoms with Gasteiger partial charge in [0.05, 0.1) is 29.3 Å². The predicted octanol–water partition coefficient (Wildman–Crippen LogP) is 4.93. The largest absolute Gasteiger partial charge is 0.497 e. The molecule has 0 atom stereocenters. The summed E-state index contributed by atoms with van der Waals surface area (Å²) in [6.45, 7) is 5.78. The van der Waals surface area contributed by atoms with Gasteiger partial charge in [0.2, 0.25) is 0 Å². The molecule has 2 aliphatic heterocycles. The van der Waals surface area contributed by atoms with Gasteiger partial charge in [-0.2, -0.15) is 0 Å². The van der Waals surface area contributed by atoms with Crippen molar-refractivity contribution in [2.75, 3.05) is 25.1 Å². The molecule has 0 unspecified atom stereocenters. The number of aryl methyl sites for hydroxylation is 2. The quantitative estimate of drug-likeness (QED) is 0.602. The maximum absolute atomic E-state index is 12.8. The molecule has 1 spiro atoms. The summed E-state index contributed by atoms with van der Waals surface area (Å²) in [6.07, 6.45) is 2.11. The SMILES string of the molecule is COc1ccc2nc(N3CCC4(CC3)CC(=O)c3cc(C)c(C)cc3O4)sc2c1. The second kappa shape index (κ2) is 6.73. The Morgan fingerprint density at radius 2 is 1.90 bits per heavy atom. The number of anilines is 1. The molecule has 1 fully saturated rings. The van der Waals surface area contributed by atoms with Crippen LogP contribution in [0, 0.1) is 13.8 Å². The first kappa shape index (κ1) is 18.4. The normalized spacial score (nSPS) is 18.0. The summed E-state index contributed by atoms with van der Waals surface area (Å²) in [5.74, 6) is 1.81. The molecule has 29 heavy (non-hydrogen) atoms. The Labute approximate surface area is 174 Å². The molecule has 1 saturated heterocycles. The van der Waals surface area contributed by atoms with Crippen LogP contribution in [0.25, 0.3) is 10.2 Å². The first-order valence-electron chi connectivity index (χ1n) is 9.99. The number of rotatable bonds is 2. The smallest absolute Gasteiger partial charge is 0.186 e. The van der Waals surface area contributed by atoms with Crippen LogP contribution in [0.15, 0.2) is 30.3 Å². The Bertz CT molecular complexity index is 1110. The number of aromatic nitrogens is 1. The second-order valence-electron chi connectivity index (χ2n) is 8.13. The molecule has 6 heteroatoms. The molecule has 0 aliphatic carbocycles. The lowest BCUT2D eigenvalue weighted by molar-refractivity contribution is 0.0231. The first-order valence-corrected chi connectivity index (χ1v) is 10.8. The van der Waals surface area contributed by atoms with E-state index < -0.39 is 0 Å². The lowest BCUT2D eigenvalue weighted by atomic mass is 9.82. The molecular formula is C23H24N2O3S. The van der Waals surface area contributed by atoms with Crippen molar-refractivity contribution in [2.45, 2.75) is 38.7 Å². The minimum Gasteiger partial charge on any atom is -0.497 e. The minimum atomic E-state index is -0.387. The van der Waals surface area contributed by atoms with Crippen LogP contribution in [-0.2, 0) is 0 Å². The minimum absolute atomic E-state index is 0.204. The molecule has 150 valence electrons. The number of hydrogen-bond donors (Lipinski definition) is 0. The van der Waals surface area contributed by atoms with E-state index in [0.29, 0.717) is 6.42 Å². The van der Waals surface area contributed by atoms with Gasteiger partial charge in [-0.05, 0) is 55.3 Å². The van der Waals surface area contributed by atoms with Crippen LogP contribution in [0.1, 0.15) is 40.7 Å². The Balaban J connectivity index is 1.36. The van der Waals surface area contributed by atoms with Crippen molar-refractivity contribution < 1.29 is 14.3 Å². The van der Waals surface area contributed by atoms with Crippen molar-refractivity contribution in [3.8, 4) is 11.5 Å². The molecule has 2 aromatic carbocycles. The van der Waals surface area contributed by atoms with Gasteiger partial charge in [0.15, 0.2) is 10.9 Å². The molecule has 2 aliphatic rings. The number of ether oxygens (including phenoxy) is 2. The predicted molar refractivity (Wildman–Crippen MR) is 116 cm³/mol. The maximum atomic E-state index is 12.8. The van der Waals surface area contributed by atoms with Crippen molar-refractivity contribution in [3.63, 3.8) is 0 Å². The van der Waals surface area contributed by atoms with Crippen LogP contribution >= 0.6 is 11.3 Å². The fourth-order valence-electron chi connectivity index (χ4n) is 4.29. The molecule has 0 saturated carbocycles. The van der Waals surface area contributed by atoms with Crippen molar-refractivity contribution in [1.82, 2.24) is 4.98 Å². The number of piperidine rings is 1. The van der Waals surface area contributed by atoms with Gasteiger partial charge >= 0.3 is 0 Å². The average Bonchev–Trinajstić information content (AvgIpc) is 3.13. The van der Waals surface area contributed by atoms with Gasteiger partial charge in [-0.15, -0.1) is 0 Å². The van der Waals surface area contributed by atoms with E-state index in [2.05, 4.69) is 11.8 Å². The number of ketones is 1. The average molecular weight is 409 g/mol. The number of hydrogen-bond acceptors (Lipinski definition) is 6. The molecule has 5 rings (SSSR count). The molecule has 0 radical (unpaired) electrons. The summed E-state index contributed by atoms with van der Waals surface area (Å²) in [5.41, 5.74) is 3.65. The highest BCUT2D eigenvalue weighted by Gasteiger charge is 2.43. The van der Waals surface area contributed by atoms with Crippen LogP contribution in [-0.4, -0.2) is 36.6 Å². The van der Waals surface area contributed by atoms with E-state index in [9.17, 15) is 4.79 Å². The topological polar surface area (TPSA) is 51.7 Å². The highest BCUT2D eigenvalue weighted by molar-refractivity contribution is 7.22. The summed E-state index contributed by atoms with van der Waals surface area (Å²) < 4.78 is 12.9. The highest BCUT2D eigenvalue weighted by atomic mass is 32.1. The summed E-state index contributed by atoms with van der Waals surface area (Å²) in [6, 6.07) is 9.98. The van der Waals surface area contributed by atoms with Gasteiger partial charge in [-0.1, -0.05) is 11.3 Å². The number of fused-ring (bicyclic) bond motifs is 2. The Hall–Kier alpha value is -2.60. The molecule has 0 amide bonds. The van der Waals surface area contributed by atoms with Crippen molar-refractivity contribution in [3.05, 3.63) is 47.0 Å². The van der Waals surface area contributed by atoms with E-state index in [1.54, 1.807) is 18.4 Å². The number of methoxy groups -OCH3 is 1. The molecule has 5 nitrogen and oxygen atoms in total. The van der Waals surface area contributed by atoms with E-state index in [1.165, 1.54) is 0 Å². The number of benzene rings is 2. The molecule has 3 aromatic rings. The van der Waals surface area contributed by atoms with Gasteiger partial charge in [0.1, 0.15) is 17.1 Å². The third-order valence-electron chi connectivity index (χ3n) is 6.24. The fraction of sp³-hybridized carbons (Fsp3) is 0.391. The summed E-state index contributed by atoms with van der Waals surface area (Å²) in [5, 5.41) is 1.03. The van der Waals surface area contributed by atoms with Crippen molar-refractivity contribution in [2.24, 2.45) is 0 Å². The highest BCUT2D eigenvalue weighted by Crippen LogP contribution is 2.42. The van der Waals surface area contributed by atoms with Crippen LogP contribution < -0.4 is 14.4 Å². The van der Waals surface area contributed by atoms with E-state index in [4.69, 9.17) is 14.5 Å². The maximum Gasteiger partial charge on any atom is 0.186 e. The summed E-state index contributed by atoms with van der Waals surface area (Å²) in [7, 11) is 1.68. The van der Waals surface area contributed by atoms with Gasteiger partial charge in [0, 0.05) is 25.9 Å². The summed E-state index contributed by atoms with van der Waals surface area (Å²) >= 11 is 1.69. The Kier molecular flexibility index (Phi) is 4.28. The second-order valence-corrected chi connectivity index (χ2v) is 9.14. The first-order chi connectivity index (χ1) is 14.0. The number of carbonyl (C=O) groups is 1. The van der Waals surface area contributed by atoms with E-state index in [-0.39, 0.29) is 11.4 Å². The van der Waals surface area contributed by atoms with Crippen molar-refractivity contribution in [1.29, 1.82) is 0 Å². The standard InChI is InChI=1S/C23H24N2O3S/c1-14-10-17-19(26)13-23(28-20(17)11-15(14)2)6-8-25(9-7-23)22-24-18-5-4-16(27-3)12-21(18)29-22/h4-5,10-12H,6-9,13H2,1-3H3. The van der Waals surface area contributed by atoms with E-state index in [0.717, 1.165) is 69.5 Å². The number of thiazole rings is 1. The molecular weight excluding hydrogens is 384 g/mol. The van der Waals surface area contributed by atoms with Crippen LogP contribution in [0.2, 0.25) is 0 Å². The Morgan fingerprint density at radius 3 is 2.66 bits per heavy atom. The Morgan fingerprint density at radius 1 is 1.14 bits per heavy atom. The third-order valence-corrected chi connectivity index (χ3v) is 7.31. The van der Waals surface area contributed by atoms with Crippen LogP contribution in [0.5, 0.6) is 11.5 Å². The van der Waals surface area contributed by atoms with Gasteiger partial charge in [-0.25, -0.2) is 4.98 Å². The zero-order valence-corrected chi connectivity index (χ0v) is 17.8. The van der Waals surface area contributed by atoms with Crippen LogP contribution in [0.4, 0.5) is 5.13 Å². The van der Waals surface area contributed by atoms with Crippen LogP contribution in [0.3, 0.4) is 0 Å². The van der Waals surface area contributed by atoms with Gasteiger partial charge in [0.25, 0.3) is 0 Å². The molecule has 1 aromatic heterocycles. The zero-order chi connectivity index (χ0) is 20.2. The number of nitrogens with zero attached hydrogens (tertiary/aromatic N) is 2. The van der Waals surface area contributed by atoms with E-state index in [1.807, 2.05) is 37.3 Å².